The number of nitrogens with one attached hydrogen (secondary N) is 1. The first-order chi connectivity index (χ1) is 10.8. The van der Waals surface area contributed by atoms with Gasteiger partial charge in [-0.3, -0.25) is 15.0 Å². The maximum atomic E-state index is 5.21. The lowest BCUT2D eigenvalue weighted by Gasteiger charge is -2.08. The monoisotopic (exact) mass is 292 g/mol. The van der Waals surface area contributed by atoms with Gasteiger partial charge >= 0.3 is 0 Å². The minimum absolute atomic E-state index is 0.704. The number of methoxy groups -OCH3 is 1. The molecule has 5 nitrogen and oxygen atoms in total. The molecule has 0 aliphatic rings. The van der Waals surface area contributed by atoms with Crippen molar-refractivity contribution >= 4 is 5.69 Å². The number of nitrogens with zero attached hydrogens (tertiary/aromatic N) is 3. The average Bonchev–Trinajstić information content (AvgIpc) is 2.61. The van der Waals surface area contributed by atoms with E-state index in [2.05, 4.69) is 20.3 Å². The van der Waals surface area contributed by atoms with Crippen LogP contribution in [0.2, 0.25) is 0 Å². The number of hydrogen-bond acceptors (Lipinski definition) is 5. The summed E-state index contributed by atoms with van der Waals surface area (Å²) < 4.78 is 5.21. The van der Waals surface area contributed by atoms with Crippen LogP contribution in [0.15, 0.2) is 61.4 Å². The van der Waals surface area contributed by atoms with Gasteiger partial charge in [0, 0.05) is 48.7 Å². The Morgan fingerprint density at radius 2 is 1.77 bits per heavy atom. The molecule has 1 N–H and O–H groups in total. The van der Waals surface area contributed by atoms with Crippen LogP contribution in [0.25, 0.3) is 11.1 Å². The predicted octanol–water partition coefficient (Wildman–Crippen LogP) is 3.16. The number of rotatable bonds is 5. The maximum Gasteiger partial charge on any atom is 0.137 e. The van der Waals surface area contributed by atoms with E-state index in [0.29, 0.717) is 6.54 Å². The summed E-state index contributed by atoms with van der Waals surface area (Å²) >= 11 is 0. The van der Waals surface area contributed by atoms with Crippen molar-refractivity contribution in [1.29, 1.82) is 0 Å². The van der Waals surface area contributed by atoms with Gasteiger partial charge in [0.25, 0.3) is 0 Å². The van der Waals surface area contributed by atoms with Crippen molar-refractivity contribution in [2.45, 2.75) is 6.54 Å². The minimum atomic E-state index is 0.704. The molecule has 0 aliphatic carbocycles. The molecule has 0 unspecified atom stereocenters. The van der Waals surface area contributed by atoms with Gasteiger partial charge < -0.3 is 10.1 Å². The van der Waals surface area contributed by atoms with Crippen LogP contribution < -0.4 is 10.1 Å². The molecule has 22 heavy (non-hydrogen) atoms. The largest absolute Gasteiger partial charge is 0.495 e. The summed E-state index contributed by atoms with van der Waals surface area (Å²) in [5.74, 6) is 0.728. The smallest absolute Gasteiger partial charge is 0.137 e. The molecule has 3 aromatic heterocycles. The van der Waals surface area contributed by atoms with Crippen molar-refractivity contribution in [3.05, 3.63) is 67.0 Å². The second kappa shape index (κ2) is 6.67. The fourth-order valence-corrected chi connectivity index (χ4v) is 2.09. The number of pyridine rings is 3. The Balaban J connectivity index is 1.77. The van der Waals surface area contributed by atoms with Crippen LogP contribution in [-0.2, 0) is 6.54 Å². The number of hydrogen-bond donors (Lipinski definition) is 1. The lowest BCUT2D eigenvalue weighted by atomic mass is 10.1. The molecule has 5 heteroatoms. The van der Waals surface area contributed by atoms with Crippen molar-refractivity contribution in [2.24, 2.45) is 0 Å². The van der Waals surface area contributed by atoms with E-state index in [0.717, 1.165) is 28.1 Å². The molecule has 0 atom stereocenters. The second-order valence-corrected chi connectivity index (χ2v) is 4.79. The molecule has 110 valence electrons. The first-order valence-corrected chi connectivity index (χ1v) is 6.92. The molecule has 0 bridgehead atoms. The van der Waals surface area contributed by atoms with Gasteiger partial charge in [-0.2, -0.15) is 0 Å². The van der Waals surface area contributed by atoms with Crippen LogP contribution in [0.3, 0.4) is 0 Å². The van der Waals surface area contributed by atoms with Crippen LogP contribution >= 0.6 is 0 Å². The molecule has 0 radical (unpaired) electrons. The Kier molecular flexibility index (Phi) is 4.25. The Bertz CT molecular complexity index is 746. The fraction of sp³-hybridized carbons (Fsp3) is 0.118. The third kappa shape index (κ3) is 3.38. The maximum absolute atomic E-state index is 5.21. The van der Waals surface area contributed by atoms with E-state index in [9.17, 15) is 0 Å². The van der Waals surface area contributed by atoms with Gasteiger partial charge in [0.15, 0.2) is 0 Å². The molecular formula is C17H16N4O. The van der Waals surface area contributed by atoms with E-state index < -0.39 is 0 Å². The van der Waals surface area contributed by atoms with Crippen molar-refractivity contribution in [1.82, 2.24) is 15.0 Å². The second-order valence-electron chi connectivity index (χ2n) is 4.79. The summed E-state index contributed by atoms with van der Waals surface area (Å²) in [7, 11) is 1.63. The molecule has 3 rings (SSSR count). The van der Waals surface area contributed by atoms with Crippen molar-refractivity contribution in [3.63, 3.8) is 0 Å². The summed E-state index contributed by atoms with van der Waals surface area (Å²) in [5.41, 5.74) is 4.03. The fourth-order valence-electron chi connectivity index (χ4n) is 2.09. The average molecular weight is 292 g/mol. The molecule has 3 heterocycles. The summed E-state index contributed by atoms with van der Waals surface area (Å²) in [5, 5.41) is 3.35. The third-order valence-electron chi connectivity index (χ3n) is 3.24. The summed E-state index contributed by atoms with van der Waals surface area (Å²) in [6, 6.07) is 7.94. The highest BCUT2D eigenvalue weighted by atomic mass is 16.5. The molecule has 0 spiro atoms. The molecular weight excluding hydrogens is 276 g/mol. The number of ether oxygens (including phenoxy) is 1. The predicted molar refractivity (Wildman–Crippen MR) is 85.6 cm³/mol. The zero-order valence-electron chi connectivity index (χ0n) is 12.2. The topological polar surface area (TPSA) is 59.9 Å². The van der Waals surface area contributed by atoms with Crippen LogP contribution in [0.5, 0.6) is 5.75 Å². The van der Waals surface area contributed by atoms with Gasteiger partial charge in [-0.25, -0.2) is 0 Å². The Morgan fingerprint density at radius 1 is 0.955 bits per heavy atom. The molecule has 0 saturated carbocycles. The molecule has 0 aromatic carbocycles. The quantitative estimate of drug-likeness (QED) is 0.782. The van der Waals surface area contributed by atoms with Crippen molar-refractivity contribution < 1.29 is 4.74 Å². The van der Waals surface area contributed by atoms with Gasteiger partial charge in [0.05, 0.1) is 19.0 Å². The van der Waals surface area contributed by atoms with E-state index in [-0.39, 0.29) is 0 Å². The van der Waals surface area contributed by atoms with Gasteiger partial charge in [-0.15, -0.1) is 0 Å². The third-order valence-corrected chi connectivity index (χ3v) is 3.24. The van der Waals surface area contributed by atoms with E-state index in [4.69, 9.17) is 4.74 Å². The van der Waals surface area contributed by atoms with E-state index in [1.54, 1.807) is 31.9 Å². The van der Waals surface area contributed by atoms with E-state index in [1.807, 2.05) is 36.7 Å². The normalized spacial score (nSPS) is 10.2. The Hall–Kier alpha value is -2.95. The highest BCUT2D eigenvalue weighted by Crippen LogP contribution is 2.24. The van der Waals surface area contributed by atoms with E-state index in [1.165, 1.54) is 0 Å². The molecule has 0 amide bonds. The SMILES string of the molecule is COc1cncc(-c2cncc(NCc3cccnc3)c2)c1. The first-order valence-electron chi connectivity index (χ1n) is 6.92. The zero-order valence-corrected chi connectivity index (χ0v) is 12.2. The van der Waals surface area contributed by atoms with Gasteiger partial charge in [0.2, 0.25) is 0 Å². The molecule has 3 aromatic rings. The Morgan fingerprint density at radius 3 is 2.55 bits per heavy atom. The van der Waals surface area contributed by atoms with Crippen LogP contribution in [0.4, 0.5) is 5.69 Å². The van der Waals surface area contributed by atoms with Crippen LogP contribution in [0.1, 0.15) is 5.56 Å². The molecule has 0 fully saturated rings. The van der Waals surface area contributed by atoms with E-state index >= 15 is 0 Å². The first kappa shape index (κ1) is 14.0. The molecule has 0 saturated heterocycles. The summed E-state index contributed by atoms with van der Waals surface area (Å²) in [4.78, 5) is 12.6. The summed E-state index contributed by atoms with van der Waals surface area (Å²) in [6.07, 6.45) is 10.7. The summed E-state index contributed by atoms with van der Waals surface area (Å²) in [6.45, 7) is 0.704. The van der Waals surface area contributed by atoms with Gasteiger partial charge in [-0.1, -0.05) is 6.07 Å². The van der Waals surface area contributed by atoms with Crippen molar-refractivity contribution in [2.75, 3.05) is 12.4 Å². The van der Waals surface area contributed by atoms with Crippen molar-refractivity contribution in [3.8, 4) is 16.9 Å². The highest BCUT2D eigenvalue weighted by Gasteiger charge is 2.03. The van der Waals surface area contributed by atoms with Crippen LogP contribution in [0, 0.1) is 0 Å². The van der Waals surface area contributed by atoms with Gasteiger partial charge in [0.1, 0.15) is 5.75 Å². The highest BCUT2D eigenvalue weighted by molar-refractivity contribution is 5.67. The number of aromatic nitrogens is 3. The number of anilines is 1. The lowest BCUT2D eigenvalue weighted by molar-refractivity contribution is 0.413. The minimum Gasteiger partial charge on any atom is -0.495 e. The van der Waals surface area contributed by atoms with Crippen LogP contribution in [-0.4, -0.2) is 22.1 Å². The Labute approximate surface area is 129 Å². The molecule has 0 aliphatic heterocycles. The van der Waals surface area contributed by atoms with Gasteiger partial charge in [-0.05, 0) is 23.8 Å². The zero-order chi connectivity index (χ0) is 15.2. The standard InChI is InChI=1S/C17H16N4O/c1-22-17-6-15(10-20-12-17)14-5-16(11-19-9-14)21-8-13-3-2-4-18-7-13/h2-7,9-12,21H,8H2,1H3. The lowest BCUT2D eigenvalue weighted by Crippen LogP contribution is -2.00.